The minimum atomic E-state index is -4.58. The minimum absolute atomic E-state index is 0.121. The Balaban J connectivity index is 3.13. The Morgan fingerprint density at radius 3 is 2.37 bits per heavy atom. The molecule has 108 valence electrons. The third kappa shape index (κ3) is 5.05. The highest BCUT2D eigenvalue weighted by atomic mass is 79.9. The molecular formula is C10H10Br2F3NO2S. The first kappa shape index (κ1) is 16.9. The van der Waals surface area contributed by atoms with Gasteiger partial charge in [-0.3, -0.25) is 0 Å². The van der Waals surface area contributed by atoms with Gasteiger partial charge in [0.15, 0.2) is 0 Å². The lowest BCUT2D eigenvalue weighted by Crippen LogP contribution is -2.40. The summed E-state index contributed by atoms with van der Waals surface area (Å²) in [6.45, 7) is -1.76. The zero-order chi connectivity index (χ0) is 14.7. The van der Waals surface area contributed by atoms with Crippen molar-refractivity contribution >= 4 is 41.9 Å². The third-order valence-electron chi connectivity index (χ3n) is 2.12. The van der Waals surface area contributed by atoms with Crippen LogP contribution in [-0.2, 0) is 10.0 Å². The van der Waals surface area contributed by atoms with Gasteiger partial charge in [-0.05, 0) is 18.2 Å². The number of alkyl halides is 4. The van der Waals surface area contributed by atoms with Gasteiger partial charge in [0.05, 0.1) is 4.90 Å². The molecule has 0 unspecified atom stereocenters. The standard InChI is InChI=1S/C10H10Br2F3NO2S/c11-4-5-16(7-10(13,14)15)19(17,18)9-3-1-2-8(12)6-9/h1-3,6H,4-5,7H2. The second kappa shape index (κ2) is 6.55. The van der Waals surface area contributed by atoms with Crippen molar-refractivity contribution in [2.24, 2.45) is 0 Å². The van der Waals surface area contributed by atoms with E-state index >= 15 is 0 Å². The summed E-state index contributed by atoms with van der Waals surface area (Å²) < 4.78 is 62.4. The Hall–Kier alpha value is -0.120. The first-order chi connectivity index (χ1) is 8.66. The van der Waals surface area contributed by atoms with Crippen molar-refractivity contribution in [1.82, 2.24) is 4.31 Å². The summed E-state index contributed by atoms with van der Waals surface area (Å²) >= 11 is 6.04. The van der Waals surface area contributed by atoms with Gasteiger partial charge in [-0.25, -0.2) is 8.42 Å². The summed E-state index contributed by atoms with van der Waals surface area (Å²) in [6, 6.07) is 5.58. The maximum atomic E-state index is 12.4. The number of halogens is 5. The van der Waals surface area contributed by atoms with E-state index in [1.165, 1.54) is 18.2 Å². The van der Waals surface area contributed by atoms with Crippen molar-refractivity contribution in [3.63, 3.8) is 0 Å². The maximum absolute atomic E-state index is 12.4. The lowest BCUT2D eigenvalue weighted by molar-refractivity contribution is -0.135. The van der Waals surface area contributed by atoms with Gasteiger partial charge >= 0.3 is 6.18 Å². The highest BCUT2D eigenvalue weighted by Gasteiger charge is 2.36. The van der Waals surface area contributed by atoms with Gasteiger partial charge < -0.3 is 0 Å². The summed E-state index contributed by atoms with van der Waals surface area (Å²) in [6.07, 6.45) is -4.58. The van der Waals surface area contributed by atoms with Crippen LogP contribution in [0.15, 0.2) is 33.6 Å². The molecule has 3 nitrogen and oxygen atoms in total. The summed E-state index contributed by atoms with van der Waals surface area (Å²) in [5, 5.41) is 0.121. The van der Waals surface area contributed by atoms with Gasteiger partial charge in [0, 0.05) is 16.3 Å². The van der Waals surface area contributed by atoms with Crippen LogP contribution in [-0.4, -0.2) is 37.3 Å². The number of nitrogens with zero attached hydrogens (tertiary/aromatic N) is 1. The lowest BCUT2D eigenvalue weighted by atomic mass is 10.4. The molecule has 9 heteroatoms. The second-order valence-electron chi connectivity index (χ2n) is 3.60. The summed E-state index contributed by atoms with van der Waals surface area (Å²) in [7, 11) is -4.17. The smallest absolute Gasteiger partial charge is 0.207 e. The van der Waals surface area contributed by atoms with Crippen LogP contribution in [0, 0.1) is 0 Å². The SMILES string of the molecule is O=S(=O)(c1cccc(Br)c1)N(CCBr)CC(F)(F)F. The van der Waals surface area contributed by atoms with E-state index in [0.717, 1.165) is 0 Å². The summed E-state index contributed by atoms with van der Waals surface area (Å²) in [5.41, 5.74) is 0. The van der Waals surface area contributed by atoms with E-state index < -0.39 is 22.7 Å². The molecule has 0 bridgehead atoms. The Bertz CT molecular complexity index is 534. The van der Waals surface area contributed by atoms with Crippen LogP contribution >= 0.6 is 31.9 Å². The molecule has 0 aliphatic rings. The van der Waals surface area contributed by atoms with Crippen molar-refractivity contribution in [2.75, 3.05) is 18.4 Å². The molecule has 0 aliphatic carbocycles. The molecule has 0 atom stereocenters. The molecule has 19 heavy (non-hydrogen) atoms. The van der Waals surface area contributed by atoms with E-state index in [1.54, 1.807) is 6.07 Å². The summed E-state index contributed by atoms with van der Waals surface area (Å²) in [5.74, 6) is 0. The van der Waals surface area contributed by atoms with Crippen LogP contribution < -0.4 is 0 Å². The zero-order valence-electron chi connectivity index (χ0n) is 9.49. The van der Waals surface area contributed by atoms with Crippen LogP contribution in [0.5, 0.6) is 0 Å². The van der Waals surface area contributed by atoms with Gasteiger partial charge in [-0.1, -0.05) is 37.9 Å². The molecule has 0 heterocycles. The molecular weight excluding hydrogens is 415 g/mol. The fourth-order valence-electron chi connectivity index (χ4n) is 1.35. The Morgan fingerprint density at radius 2 is 1.89 bits per heavy atom. The van der Waals surface area contributed by atoms with E-state index in [4.69, 9.17) is 0 Å². The van der Waals surface area contributed by atoms with Crippen LogP contribution in [0.25, 0.3) is 0 Å². The van der Waals surface area contributed by atoms with Gasteiger partial charge in [-0.15, -0.1) is 0 Å². The Kier molecular flexibility index (Phi) is 5.84. The number of sulfonamides is 1. The first-order valence-corrected chi connectivity index (χ1v) is 8.41. The predicted molar refractivity (Wildman–Crippen MR) is 72.7 cm³/mol. The van der Waals surface area contributed by atoms with Crippen molar-refractivity contribution < 1.29 is 21.6 Å². The topological polar surface area (TPSA) is 37.4 Å². The van der Waals surface area contributed by atoms with Gasteiger partial charge in [0.25, 0.3) is 0 Å². The molecule has 0 amide bonds. The predicted octanol–water partition coefficient (Wildman–Crippen LogP) is 3.40. The molecule has 0 radical (unpaired) electrons. The van der Waals surface area contributed by atoms with Crippen molar-refractivity contribution in [3.05, 3.63) is 28.7 Å². The maximum Gasteiger partial charge on any atom is 0.402 e. The second-order valence-corrected chi connectivity index (χ2v) is 7.25. The summed E-state index contributed by atoms with van der Waals surface area (Å²) in [4.78, 5) is -0.174. The Labute approximate surface area is 126 Å². The van der Waals surface area contributed by atoms with Crippen molar-refractivity contribution in [2.45, 2.75) is 11.1 Å². The van der Waals surface area contributed by atoms with E-state index in [2.05, 4.69) is 31.9 Å². The average molecular weight is 425 g/mol. The molecule has 0 fully saturated rings. The number of rotatable bonds is 5. The number of benzene rings is 1. The minimum Gasteiger partial charge on any atom is -0.207 e. The molecule has 0 aromatic heterocycles. The Morgan fingerprint density at radius 1 is 1.26 bits per heavy atom. The fraction of sp³-hybridized carbons (Fsp3) is 0.400. The van der Waals surface area contributed by atoms with Gasteiger partial charge in [-0.2, -0.15) is 17.5 Å². The van der Waals surface area contributed by atoms with E-state index in [1.807, 2.05) is 0 Å². The van der Waals surface area contributed by atoms with Crippen molar-refractivity contribution in [1.29, 1.82) is 0 Å². The van der Waals surface area contributed by atoms with E-state index in [9.17, 15) is 21.6 Å². The van der Waals surface area contributed by atoms with Crippen LogP contribution in [0.4, 0.5) is 13.2 Å². The quantitative estimate of drug-likeness (QED) is 0.679. The van der Waals surface area contributed by atoms with Crippen LogP contribution in [0.3, 0.4) is 0 Å². The normalized spacial score (nSPS) is 12.9. The largest absolute Gasteiger partial charge is 0.402 e. The number of hydrogen-bond acceptors (Lipinski definition) is 2. The highest BCUT2D eigenvalue weighted by molar-refractivity contribution is 9.10. The van der Waals surface area contributed by atoms with E-state index in [-0.39, 0.29) is 16.8 Å². The molecule has 0 N–H and O–H groups in total. The van der Waals surface area contributed by atoms with Gasteiger partial charge in [0.1, 0.15) is 6.54 Å². The fourth-order valence-corrected chi connectivity index (χ4v) is 4.04. The molecule has 0 saturated carbocycles. The third-order valence-corrected chi connectivity index (χ3v) is 4.81. The van der Waals surface area contributed by atoms with Crippen LogP contribution in [0.1, 0.15) is 0 Å². The van der Waals surface area contributed by atoms with Gasteiger partial charge in [0.2, 0.25) is 10.0 Å². The zero-order valence-corrected chi connectivity index (χ0v) is 13.5. The first-order valence-electron chi connectivity index (χ1n) is 5.05. The molecule has 0 saturated heterocycles. The highest BCUT2D eigenvalue weighted by Crippen LogP contribution is 2.24. The molecule has 1 aromatic carbocycles. The van der Waals surface area contributed by atoms with Crippen molar-refractivity contribution in [3.8, 4) is 0 Å². The average Bonchev–Trinajstić information content (AvgIpc) is 2.26. The molecule has 1 rings (SSSR count). The monoisotopic (exact) mass is 423 g/mol. The number of hydrogen-bond donors (Lipinski definition) is 0. The van der Waals surface area contributed by atoms with E-state index in [0.29, 0.717) is 8.78 Å². The molecule has 0 spiro atoms. The molecule has 1 aromatic rings. The van der Waals surface area contributed by atoms with Crippen LogP contribution in [0.2, 0.25) is 0 Å². The molecule has 0 aliphatic heterocycles. The lowest BCUT2D eigenvalue weighted by Gasteiger charge is -2.22.